The maximum Gasteiger partial charge on any atom is 0.241 e. The summed E-state index contributed by atoms with van der Waals surface area (Å²) in [4.78, 5) is -0.0443. The summed E-state index contributed by atoms with van der Waals surface area (Å²) in [6.07, 6.45) is 2.91. The van der Waals surface area contributed by atoms with Crippen LogP contribution in [0.15, 0.2) is 23.1 Å². The van der Waals surface area contributed by atoms with Crippen LogP contribution in [0, 0.1) is 11.7 Å². The van der Waals surface area contributed by atoms with E-state index in [0.29, 0.717) is 11.5 Å². The average Bonchev–Trinajstić information content (AvgIpc) is 3.07. The summed E-state index contributed by atoms with van der Waals surface area (Å²) >= 11 is 0. The Bertz CT molecular complexity index is 560. The van der Waals surface area contributed by atoms with Crippen molar-refractivity contribution in [1.82, 2.24) is 4.72 Å². The molecule has 2 rings (SSSR count). The zero-order valence-corrected chi connectivity index (χ0v) is 11.7. The van der Waals surface area contributed by atoms with Gasteiger partial charge in [0, 0.05) is 12.6 Å². The summed E-state index contributed by atoms with van der Waals surface area (Å²) in [5.41, 5.74) is 5.94. The second-order valence-electron chi connectivity index (χ2n) is 4.97. The number of nitrogens with two attached hydrogens (primary N) is 1. The first kappa shape index (κ1) is 14.4. The first-order valence-corrected chi connectivity index (χ1v) is 7.97. The van der Waals surface area contributed by atoms with E-state index in [1.54, 1.807) is 0 Å². The molecule has 1 fully saturated rings. The molecule has 1 aliphatic carbocycles. The smallest absolute Gasteiger partial charge is 0.241 e. The lowest BCUT2D eigenvalue weighted by atomic mass is 10.2. The van der Waals surface area contributed by atoms with Crippen LogP contribution < -0.4 is 10.5 Å². The SMILES string of the molecule is CCCC1CC1NS(=O)(=O)c1cc(F)ccc1CN. The number of benzene rings is 1. The van der Waals surface area contributed by atoms with Gasteiger partial charge < -0.3 is 5.73 Å². The van der Waals surface area contributed by atoms with Crippen LogP contribution >= 0.6 is 0 Å². The Morgan fingerprint density at radius 1 is 1.47 bits per heavy atom. The second kappa shape index (κ2) is 5.56. The molecule has 0 saturated heterocycles. The molecular weight excluding hydrogens is 267 g/mol. The summed E-state index contributed by atoms with van der Waals surface area (Å²) in [7, 11) is -3.68. The minimum atomic E-state index is -3.68. The average molecular weight is 286 g/mol. The summed E-state index contributed by atoms with van der Waals surface area (Å²) < 4.78 is 40.3. The van der Waals surface area contributed by atoms with Gasteiger partial charge in [0.15, 0.2) is 0 Å². The Kier molecular flexibility index (Phi) is 4.23. The quantitative estimate of drug-likeness (QED) is 0.837. The monoisotopic (exact) mass is 286 g/mol. The lowest BCUT2D eigenvalue weighted by Gasteiger charge is -2.10. The molecule has 3 N–H and O–H groups in total. The van der Waals surface area contributed by atoms with E-state index in [9.17, 15) is 12.8 Å². The van der Waals surface area contributed by atoms with Gasteiger partial charge in [0.25, 0.3) is 0 Å². The summed E-state index contributed by atoms with van der Waals surface area (Å²) in [5.74, 6) is -0.159. The van der Waals surface area contributed by atoms with Gasteiger partial charge in [-0.25, -0.2) is 17.5 Å². The third-order valence-corrected chi connectivity index (χ3v) is 5.00. The van der Waals surface area contributed by atoms with Crippen molar-refractivity contribution in [3.8, 4) is 0 Å². The topological polar surface area (TPSA) is 72.2 Å². The molecular formula is C13H19FN2O2S. The highest BCUT2D eigenvalue weighted by Gasteiger charge is 2.39. The largest absolute Gasteiger partial charge is 0.326 e. The zero-order chi connectivity index (χ0) is 14.0. The molecule has 0 aliphatic heterocycles. The second-order valence-corrected chi connectivity index (χ2v) is 6.65. The normalized spacial score (nSPS) is 22.5. The molecule has 0 spiro atoms. The predicted molar refractivity (Wildman–Crippen MR) is 71.4 cm³/mol. The molecule has 6 heteroatoms. The van der Waals surface area contributed by atoms with Crippen LogP contribution in [0.3, 0.4) is 0 Å². The van der Waals surface area contributed by atoms with Crippen molar-refractivity contribution < 1.29 is 12.8 Å². The summed E-state index contributed by atoms with van der Waals surface area (Å²) in [6, 6.07) is 3.65. The Hall–Kier alpha value is -0.980. The number of halogens is 1. The third-order valence-electron chi connectivity index (χ3n) is 3.43. The highest BCUT2D eigenvalue weighted by atomic mass is 32.2. The fourth-order valence-electron chi connectivity index (χ4n) is 2.29. The zero-order valence-electron chi connectivity index (χ0n) is 10.9. The fourth-order valence-corrected chi connectivity index (χ4v) is 3.87. The number of nitrogens with one attached hydrogen (secondary N) is 1. The van der Waals surface area contributed by atoms with Crippen LogP contribution in [0.2, 0.25) is 0 Å². The molecule has 1 aliphatic rings. The molecule has 0 radical (unpaired) electrons. The summed E-state index contributed by atoms with van der Waals surface area (Å²) in [5, 5.41) is 0. The van der Waals surface area contributed by atoms with Crippen LogP contribution in [0.25, 0.3) is 0 Å². The van der Waals surface area contributed by atoms with Gasteiger partial charge >= 0.3 is 0 Å². The molecule has 1 saturated carbocycles. The van der Waals surface area contributed by atoms with Gasteiger partial charge in [0.2, 0.25) is 10.0 Å². The molecule has 1 aromatic carbocycles. The number of rotatable bonds is 6. The Morgan fingerprint density at radius 2 is 2.21 bits per heavy atom. The number of hydrogen-bond donors (Lipinski definition) is 2. The van der Waals surface area contributed by atoms with Gasteiger partial charge in [-0.2, -0.15) is 0 Å². The van der Waals surface area contributed by atoms with E-state index in [4.69, 9.17) is 5.73 Å². The molecule has 2 atom stereocenters. The number of hydrogen-bond acceptors (Lipinski definition) is 3. The standard InChI is InChI=1S/C13H19FN2O2S/c1-2-3-9-6-12(9)16-19(17,18)13-7-11(14)5-4-10(13)8-15/h4-5,7,9,12,16H,2-3,6,8,15H2,1H3. The highest BCUT2D eigenvalue weighted by Crippen LogP contribution is 2.35. The van der Waals surface area contributed by atoms with Crippen LogP contribution in [0.1, 0.15) is 31.7 Å². The van der Waals surface area contributed by atoms with E-state index < -0.39 is 15.8 Å². The first-order valence-electron chi connectivity index (χ1n) is 6.48. The maximum absolute atomic E-state index is 13.2. The number of sulfonamides is 1. The van der Waals surface area contributed by atoms with Gasteiger partial charge in [-0.1, -0.05) is 19.4 Å². The molecule has 4 nitrogen and oxygen atoms in total. The van der Waals surface area contributed by atoms with Crippen LogP contribution in [0.4, 0.5) is 4.39 Å². The molecule has 0 amide bonds. The maximum atomic E-state index is 13.2. The van der Waals surface area contributed by atoms with E-state index in [1.165, 1.54) is 12.1 Å². The van der Waals surface area contributed by atoms with Gasteiger partial charge in [-0.15, -0.1) is 0 Å². The minimum Gasteiger partial charge on any atom is -0.326 e. The fraction of sp³-hybridized carbons (Fsp3) is 0.538. The van der Waals surface area contributed by atoms with Crippen LogP contribution in [0.5, 0.6) is 0 Å². The lowest BCUT2D eigenvalue weighted by molar-refractivity contribution is 0.568. The predicted octanol–water partition coefficient (Wildman–Crippen LogP) is 1.75. The van der Waals surface area contributed by atoms with Crippen LogP contribution in [-0.2, 0) is 16.6 Å². The molecule has 0 heterocycles. The molecule has 1 aromatic rings. The Labute approximate surface area is 113 Å². The van der Waals surface area contributed by atoms with E-state index in [2.05, 4.69) is 11.6 Å². The van der Waals surface area contributed by atoms with Crippen molar-refractivity contribution in [2.45, 2.75) is 43.7 Å². The van der Waals surface area contributed by atoms with Gasteiger partial charge in [-0.05, 0) is 36.5 Å². The van der Waals surface area contributed by atoms with Crippen molar-refractivity contribution in [3.63, 3.8) is 0 Å². The Balaban J connectivity index is 2.18. The van der Waals surface area contributed by atoms with Crippen molar-refractivity contribution in [1.29, 1.82) is 0 Å². The van der Waals surface area contributed by atoms with Gasteiger partial charge in [-0.3, -0.25) is 0 Å². The minimum absolute atomic E-state index is 0.0150. The van der Waals surface area contributed by atoms with Crippen molar-refractivity contribution in [2.75, 3.05) is 0 Å². The van der Waals surface area contributed by atoms with Crippen molar-refractivity contribution in [2.24, 2.45) is 11.7 Å². The first-order chi connectivity index (χ1) is 8.97. The Morgan fingerprint density at radius 3 is 2.84 bits per heavy atom. The van der Waals surface area contributed by atoms with Crippen molar-refractivity contribution in [3.05, 3.63) is 29.6 Å². The molecule has 19 heavy (non-hydrogen) atoms. The van der Waals surface area contributed by atoms with E-state index in [0.717, 1.165) is 25.3 Å². The molecule has 0 bridgehead atoms. The third kappa shape index (κ3) is 3.32. The van der Waals surface area contributed by atoms with Gasteiger partial charge in [0.05, 0.1) is 4.90 Å². The van der Waals surface area contributed by atoms with Crippen LogP contribution in [-0.4, -0.2) is 14.5 Å². The summed E-state index contributed by atoms with van der Waals surface area (Å²) in [6.45, 7) is 2.14. The molecule has 2 unspecified atom stereocenters. The lowest BCUT2D eigenvalue weighted by Crippen LogP contribution is -2.28. The van der Waals surface area contributed by atoms with E-state index >= 15 is 0 Å². The van der Waals surface area contributed by atoms with E-state index in [-0.39, 0.29) is 17.5 Å². The van der Waals surface area contributed by atoms with Gasteiger partial charge in [0.1, 0.15) is 5.82 Å². The highest BCUT2D eigenvalue weighted by molar-refractivity contribution is 7.89. The van der Waals surface area contributed by atoms with E-state index in [1.807, 2.05) is 0 Å². The molecule has 106 valence electrons. The van der Waals surface area contributed by atoms with Crippen molar-refractivity contribution >= 4 is 10.0 Å². The molecule has 0 aromatic heterocycles.